The van der Waals surface area contributed by atoms with Gasteiger partial charge in [-0.2, -0.15) is 0 Å². The van der Waals surface area contributed by atoms with Gasteiger partial charge in [-0.05, 0) is 18.2 Å². The topological polar surface area (TPSA) is 59.1 Å². The van der Waals surface area contributed by atoms with Gasteiger partial charge in [0.05, 0.1) is 28.5 Å². The van der Waals surface area contributed by atoms with Crippen molar-refractivity contribution in [2.24, 2.45) is 0 Å². The van der Waals surface area contributed by atoms with Crippen LogP contribution in [0.25, 0.3) is 10.9 Å². The fourth-order valence-electron chi connectivity index (χ4n) is 1.34. The van der Waals surface area contributed by atoms with Gasteiger partial charge >= 0.3 is 0 Å². The molecular weight excluding hydrogens is 200 g/mol. The Kier molecular flexibility index (Phi) is 2.27. The molecule has 0 amide bonds. The molecule has 0 aliphatic carbocycles. The molecule has 0 saturated carbocycles. The lowest BCUT2D eigenvalue weighted by Gasteiger charge is -2.05. The summed E-state index contributed by atoms with van der Waals surface area (Å²) in [7, 11) is 0. The first-order valence-electron chi connectivity index (χ1n) is 4.17. The van der Waals surface area contributed by atoms with Crippen LogP contribution in [0.2, 0.25) is 5.02 Å². The SMILES string of the molecule is Nc1cc2c(Cl)cccc2nc1CO. The number of hydrogen-bond acceptors (Lipinski definition) is 3. The van der Waals surface area contributed by atoms with E-state index in [-0.39, 0.29) is 6.61 Å². The second-order valence-electron chi connectivity index (χ2n) is 2.99. The number of nitrogens with zero attached hydrogens (tertiary/aromatic N) is 1. The quantitative estimate of drug-likeness (QED) is 0.753. The number of benzene rings is 1. The zero-order chi connectivity index (χ0) is 10.1. The fourth-order valence-corrected chi connectivity index (χ4v) is 1.57. The van der Waals surface area contributed by atoms with Crippen LogP contribution >= 0.6 is 11.6 Å². The molecule has 2 aromatic rings. The highest BCUT2D eigenvalue weighted by Crippen LogP contribution is 2.25. The normalized spacial score (nSPS) is 10.7. The Morgan fingerprint density at radius 2 is 2.21 bits per heavy atom. The third-order valence-corrected chi connectivity index (χ3v) is 2.40. The number of fused-ring (bicyclic) bond motifs is 1. The first-order chi connectivity index (χ1) is 6.72. The molecule has 1 aromatic carbocycles. The van der Waals surface area contributed by atoms with Gasteiger partial charge < -0.3 is 10.8 Å². The first kappa shape index (κ1) is 9.24. The van der Waals surface area contributed by atoms with Crippen LogP contribution in [0.4, 0.5) is 5.69 Å². The molecule has 0 fully saturated rings. The first-order valence-corrected chi connectivity index (χ1v) is 4.54. The van der Waals surface area contributed by atoms with Crippen molar-refractivity contribution in [3.05, 3.63) is 35.0 Å². The van der Waals surface area contributed by atoms with E-state index in [1.165, 1.54) is 0 Å². The zero-order valence-electron chi connectivity index (χ0n) is 7.37. The Bertz CT molecular complexity index is 485. The molecule has 0 radical (unpaired) electrons. The predicted octanol–water partition coefficient (Wildman–Crippen LogP) is 1.96. The molecule has 14 heavy (non-hydrogen) atoms. The smallest absolute Gasteiger partial charge is 0.0894 e. The number of halogens is 1. The molecule has 0 bridgehead atoms. The Morgan fingerprint density at radius 1 is 1.43 bits per heavy atom. The third-order valence-electron chi connectivity index (χ3n) is 2.07. The maximum absolute atomic E-state index is 8.97. The maximum atomic E-state index is 8.97. The summed E-state index contributed by atoms with van der Waals surface area (Å²) in [4.78, 5) is 4.19. The van der Waals surface area contributed by atoms with E-state index in [0.29, 0.717) is 16.4 Å². The van der Waals surface area contributed by atoms with E-state index in [9.17, 15) is 0 Å². The van der Waals surface area contributed by atoms with Crippen molar-refractivity contribution in [3.8, 4) is 0 Å². The van der Waals surface area contributed by atoms with Crippen LogP contribution in [0.15, 0.2) is 24.3 Å². The van der Waals surface area contributed by atoms with Crippen molar-refractivity contribution < 1.29 is 5.11 Å². The molecule has 4 heteroatoms. The van der Waals surface area contributed by atoms with Gasteiger partial charge in [0.25, 0.3) is 0 Å². The minimum absolute atomic E-state index is 0.158. The standard InChI is InChI=1S/C10H9ClN2O/c11-7-2-1-3-9-6(7)4-8(12)10(5-14)13-9/h1-4,14H,5,12H2. The van der Waals surface area contributed by atoms with Crippen molar-refractivity contribution >= 4 is 28.2 Å². The van der Waals surface area contributed by atoms with Crippen LogP contribution < -0.4 is 5.73 Å². The van der Waals surface area contributed by atoms with Crippen molar-refractivity contribution in [2.75, 3.05) is 5.73 Å². The molecule has 3 nitrogen and oxygen atoms in total. The minimum atomic E-state index is -0.158. The van der Waals surface area contributed by atoms with Gasteiger partial charge in [-0.1, -0.05) is 17.7 Å². The molecule has 0 aliphatic rings. The molecule has 1 aromatic heterocycles. The second-order valence-corrected chi connectivity index (χ2v) is 3.40. The molecule has 0 spiro atoms. The number of aliphatic hydroxyl groups excluding tert-OH is 1. The summed E-state index contributed by atoms with van der Waals surface area (Å²) in [5, 5.41) is 10.4. The fraction of sp³-hybridized carbons (Fsp3) is 0.100. The molecule has 0 saturated heterocycles. The lowest BCUT2D eigenvalue weighted by Crippen LogP contribution is -1.98. The number of rotatable bonds is 1. The van der Waals surface area contributed by atoms with Crippen molar-refractivity contribution in [1.82, 2.24) is 4.98 Å². The second kappa shape index (κ2) is 3.44. The molecule has 72 valence electrons. The van der Waals surface area contributed by atoms with E-state index in [1.54, 1.807) is 12.1 Å². The monoisotopic (exact) mass is 208 g/mol. The summed E-state index contributed by atoms with van der Waals surface area (Å²) >= 11 is 5.97. The van der Waals surface area contributed by atoms with E-state index in [0.717, 1.165) is 10.9 Å². The summed E-state index contributed by atoms with van der Waals surface area (Å²) in [5.41, 5.74) is 7.38. The predicted molar refractivity (Wildman–Crippen MR) is 57.1 cm³/mol. The van der Waals surface area contributed by atoms with Gasteiger partial charge in [0.1, 0.15) is 0 Å². The van der Waals surface area contributed by atoms with Gasteiger partial charge in [-0.3, -0.25) is 0 Å². The van der Waals surface area contributed by atoms with Crippen molar-refractivity contribution in [1.29, 1.82) is 0 Å². The molecule has 0 unspecified atom stereocenters. The lowest BCUT2D eigenvalue weighted by molar-refractivity contribution is 0.278. The lowest BCUT2D eigenvalue weighted by atomic mass is 10.2. The summed E-state index contributed by atoms with van der Waals surface area (Å²) < 4.78 is 0. The van der Waals surface area contributed by atoms with E-state index in [1.807, 2.05) is 12.1 Å². The third kappa shape index (κ3) is 1.41. The van der Waals surface area contributed by atoms with E-state index < -0.39 is 0 Å². The van der Waals surface area contributed by atoms with Crippen LogP contribution in [0, 0.1) is 0 Å². The Hall–Kier alpha value is -1.32. The average molecular weight is 209 g/mol. The number of hydrogen-bond donors (Lipinski definition) is 2. The number of aromatic nitrogens is 1. The van der Waals surface area contributed by atoms with E-state index in [2.05, 4.69) is 4.98 Å². The molecular formula is C10H9ClN2O. The molecule has 0 atom stereocenters. The summed E-state index contributed by atoms with van der Waals surface area (Å²) in [6.07, 6.45) is 0. The van der Waals surface area contributed by atoms with Crippen LogP contribution in [-0.4, -0.2) is 10.1 Å². The summed E-state index contributed by atoms with van der Waals surface area (Å²) in [6, 6.07) is 7.16. The number of nitrogens with two attached hydrogens (primary N) is 1. The Balaban J connectivity index is 2.79. The highest BCUT2D eigenvalue weighted by atomic mass is 35.5. The van der Waals surface area contributed by atoms with Gasteiger partial charge in [-0.15, -0.1) is 0 Å². The van der Waals surface area contributed by atoms with E-state index in [4.69, 9.17) is 22.4 Å². The van der Waals surface area contributed by atoms with Gasteiger partial charge in [0, 0.05) is 5.39 Å². The molecule has 2 rings (SSSR count). The minimum Gasteiger partial charge on any atom is -0.397 e. The zero-order valence-corrected chi connectivity index (χ0v) is 8.12. The van der Waals surface area contributed by atoms with Crippen molar-refractivity contribution in [3.63, 3.8) is 0 Å². The molecule has 3 N–H and O–H groups in total. The van der Waals surface area contributed by atoms with Gasteiger partial charge in [-0.25, -0.2) is 4.98 Å². The van der Waals surface area contributed by atoms with Gasteiger partial charge in [0.15, 0.2) is 0 Å². The number of aliphatic hydroxyl groups is 1. The van der Waals surface area contributed by atoms with Crippen LogP contribution in [0.3, 0.4) is 0 Å². The molecule has 0 aliphatic heterocycles. The largest absolute Gasteiger partial charge is 0.397 e. The van der Waals surface area contributed by atoms with Crippen molar-refractivity contribution in [2.45, 2.75) is 6.61 Å². The highest BCUT2D eigenvalue weighted by Gasteiger charge is 2.04. The average Bonchev–Trinajstić information content (AvgIpc) is 2.19. The van der Waals surface area contributed by atoms with Crippen LogP contribution in [-0.2, 0) is 6.61 Å². The number of nitrogen functional groups attached to an aromatic ring is 1. The highest BCUT2D eigenvalue weighted by molar-refractivity contribution is 6.35. The Labute approximate surface area is 86.1 Å². The number of anilines is 1. The summed E-state index contributed by atoms with van der Waals surface area (Å²) in [6.45, 7) is -0.158. The number of pyridine rings is 1. The maximum Gasteiger partial charge on any atom is 0.0894 e. The van der Waals surface area contributed by atoms with Crippen LogP contribution in [0.1, 0.15) is 5.69 Å². The Morgan fingerprint density at radius 3 is 2.93 bits per heavy atom. The van der Waals surface area contributed by atoms with E-state index >= 15 is 0 Å². The van der Waals surface area contributed by atoms with Crippen LogP contribution in [0.5, 0.6) is 0 Å². The summed E-state index contributed by atoms with van der Waals surface area (Å²) in [5.74, 6) is 0. The van der Waals surface area contributed by atoms with Gasteiger partial charge in [0.2, 0.25) is 0 Å². The molecule has 1 heterocycles.